The second kappa shape index (κ2) is 25.9. The Balaban J connectivity index is 0.000000229. The summed E-state index contributed by atoms with van der Waals surface area (Å²) in [6.07, 6.45) is 2.77. The molecule has 2 fully saturated rings. The Labute approximate surface area is 451 Å². The molecule has 0 radical (unpaired) electrons. The third-order valence-electron chi connectivity index (χ3n) is 13.7. The molecule has 0 aromatic heterocycles. The average Bonchev–Trinajstić information content (AvgIpc) is 3.37. The molecule has 8 rings (SSSR count). The minimum absolute atomic E-state index is 0.0329. The molecule has 4 aromatic rings. The van der Waals surface area contributed by atoms with E-state index in [0.29, 0.717) is 82.0 Å². The van der Waals surface area contributed by atoms with Gasteiger partial charge in [0.25, 0.3) is 11.9 Å². The summed E-state index contributed by atoms with van der Waals surface area (Å²) >= 11 is 12.7. The summed E-state index contributed by atoms with van der Waals surface area (Å²) in [5.41, 5.74) is 4.17. The number of piperidine rings is 2. The fraction of sp³-hybridized carbons (Fsp3) is 0.421. The first-order valence-electron chi connectivity index (χ1n) is 25.8. The number of esters is 2. The van der Waals surface area contributed by atoms with Crippen molar-refractivity contribution in [2.75, 3.05) is 46.4 Å². The van der Waals surface area contributed by atoms with Crippen molar-refractivity contribution in [1.29, 1.82) is 0 Å². The van der Waals surface area contributed by atoms with Gasteiger partial charge in [-0.05, 0) is 171 Å². The molecule has 3 amide bonds. The van der Waals surface area contributed by atoms with Crippen LogP contribution >= 0.6 is 23.2 Å². The summed E-state index contributed by atoms with van der Waals surface area (Å²) in [6, 6.07) is 30.6. The molecular formula is C57H69BCl2N6O9. The van der Waals surface area contributed by atoms with Crippen molar-refractivity contribution in [2.24, 2.45) is 16.8 Å². The average molecular weight is 1060 g/mol. The van der Waals surface area contributed by atoms with E-state index in [4.69, 9.17) is 42.1 Å². The number of amides is 3. The minimum atomic E-state index is -0.644. The van der Waals surface area contributed by atoms with Crippen LogP contribution < -0.4 is 10.1 Å². The van der Waals surface area contributed by atoms with Crippen LogP contribution in [0.15, 0.2) is 131 Å². The molecule has 18 heteroatoms. The van der Waals surface area contributed by atoms with Crippen molar-refractivity contribution in [1.82, 2.24) is 24.8 Å². The predicted molar refractivity (Wildman–Crippen MR) is 292 cm³/mol. The molecule has 0 aliphatic carbocycles. The molecule has 2 N–H and O–H groups in total. The number of ether oxygens (including phenoxy) is 4. The van der Waals surface area contributed by atoms with Crippen molar-refractivity contribution in [3.05, 3.63) is 152 Å². The molecule has 0 spiro atoms. The first-order chi connectivity index (χ1) is 35.9. The van der Waals surface area contributed by atoms with Gasteiger partial charge in [0, 0.05) is 47.5 Å². The highest BCUT2D eigenvalue weighted by Crippen LogP contribution is 2.40. The predicted octanol–water partition coefficient (Wildman–Crippen LogP) is 10.7. The number of aliphatic imine (C=N–C) groups is 1. The Hall–Kier alpha value is -6.33. The van der Waals surface area contributed by atoms with Gasteiger partial charge in [0.05, 0.1) is 48.2 Å². The third kappa shape index (κ3) is 14.5. The number of nitrogens with zero attached hydrogens (tertiary/aromatic N) is 5. The van der Waals surface area contributed by atoms with Crippen LogP contribution in [-0.4, -0.2) is 120 Å². The van der Waals surface area contributed by atoms with E-state index in [1.807, 2.05) is 92.4 Å². The van der Waals surface area contributed by atoms with E-state index in [9.17, 15) is 24.2 Å². The molecule has 2 atom stereocenters. The van der Waals surface area contributed by atoms with E-state index in [1.54, 1.807) is 76.0 Å². The van der Waals surface area contributed by atoms with E-state index < -0.39 is 25.1 Å². The third-order valence-corrected chi connectivity index (χ3v) is 14.2. The van der Waals surface area contributed by atoms with Gasteiger partial charge in [-0.1, -0.05) is 65.7 Å². The van der Waals surface area contributed by atoms with Crippen LogP contribution in [0, 0.1) is 11.8 Å². The highest BCUT2D eigenvalue weighted by molar-refractivity contribution is 6.45. The van der Waals surface area contributed by atoms with E-state index in [2.05, 4.69) is 20.0 Å². The molecule has 75 heavy (non-hydrogen) atoms. The lowest BCUT2D eigenvalue weighted by atomic mass is 9.80. The lowest BCUT2D eigenvalue weighted by molar-refractivity contribution is -0.144. The smallest absolute Gasteiger partial charge is 0.376 e. The molecule has 2 saturated heterocycles. The number of rotatable bonds is 14. The number of para-hydroxylation sites is 1. The second-order valence-corrected chi connectivity index (χ2v) is 20.9. The van der Waals surface area contributed by atoms with E-state index >= 15 is 0 Å². The van der Waals surface area contributed by atoms with Crippen LogP contribution in [0.3, 0.4) is 0 Å². The molecule has 398 valence electrons. The van der Waals surface area contributed by atoms with Gasteiger partial charge in [0.2, 0.25) is 0 Å². The van der Waals surface area contributed by atoms with Crippen LogP contribution in [0.4, 0.5) is 4.79 Å². The Morgan fingerprint density at radius 2 is 1.21 bits per heavy atom. The minimum Gasteiger partial charge on any atom is -0.468 e. The maximum atomic E-state index is 13.4. The van der Waals surface area contributed by atoms with Gasteiger partial charge >= 0.3 is 25.0 Å². The van der Waals surface area contributed by atoms with Crippen molar-refractivity contribution < 1.29 is 43.1 Å². The summed E-state index contributed by atoms with van der Waals surface area (Å²) in [7, 11) is 1.16. The molecule has 4 aliphatic rings. The van der Waals surface area contributed by atoms with Crippen LogP contribution in [0.2, 0.25) is 16.9 Å². The van der Waals surface area contributed by atoms with Gasteiger partial charge in [0.15, 0.2) is 0 Å². The number of benzene rings is 4. The standard InChI is InChI=1S/C34H36ClN3O5.C23H33BClN3O4/c1-22(2)42-33(40)30-23(3)36-34(41)38(31(30)26-8-7-9-27(35)20-26)21-24-16-18-37(19-17-24)32(39)25-12-14-29(15-13-25)43-28-10-5-4-6-11-28;1-15(2)32-22(29)20-16(3)26-23(31-5)28(21(20)18-7-6-8-19(25)13-18)14-17-9-11-27(12-10-17)24(4)30/h4-15,20,22,24,31H,16-19,21H2,1-3H3,(H,36,41);6-8,13,15,17,21,30H,9-12,14H2,1-5H3. The molecule has 4 aliphatic heterocycles. The zero-order chi connectivity index (χ0) is 53.9. The Kier molecular flexibility index (Phi) is 19.5. The maximum absolute atomic E-state index is 13.4. The lowest BCUT2D eigenvalue weighted by Crippen LogP contribution is -2.51. The molecular weight excluding hydrogens is 994 g/mol. The summed E-state index contributed by atoms with van der Waals surface area (Å²) in [5, 5.41) is 13.9. The van der Waals surface area contributed by atoms with Gasteiger partial charge in [0.1, 0.15) is 11.5 Å². The largest absolute Gasteiger partial charge is 0.468 e. The molecule has 4 aromatic carbocycles. The number of hydrogen-bond donors (Lipinski definition) is 2. The molecule has 0 saturated carbocycles. The highest BCUT2D eigenvalue weighted by atomic mass is 35.5. The second-order valence-electron chi connectivity index (χ2n) is 20.0. The number of nitrogens with one attached hydrogen (secondary N) is 1. The molecule has 4 heterocycles. The number of carbonyl (C=O) groups is 4. The number of urea groups is 1. The fourth-order valence-corrected chi connectivity index (χ4v) is 10.4. The number of amidine groups is 1. The number of likely N-dealkylation sites (tertiary alicyclic amines) is 1. The van der Waals surface area contributed by atoms with E-state index in [-0.39, 0.29) is 36.0 Å². The summed E-state index contributed by atoms with van der Waals surface area (Å²) in [6.45, 7) is 16.5. The number of methoxy groups -OCH3 is 1. The van der Waals surface area contributed by atoms with Gasteiger partial charge in [-0.25, -0.2) is 19.4 Å². The Bertz CT molecular complexity index is 2740. The van der Waals surface area contributed by atoms with Gasteiger partial charge in [-0.2, -0.15) is 0 Å². The summed E-state index contributed by atoms with van der Waals surface area (Å²) in [4.78, 5) is 65.3. The fourth-order valence-electron chi connectivity index (χ4n) is 10.0. The molecule has 0 bridgehead atoms. The molecule has 2 unspecified atom stereocenters. The van der Waals surface area contributed by atoms with Crippen molar-refractivity contribution >= 4 is 60.2 Å². The van der Waals surface area contributed by atoms with E-state index in [0.717, 1.165) is 55.6 Å². The Morgan fingerprint density at radius 3 is 1.73 bits per heavy atom. The summed E-state index contributed by atoms with van der Waals surface area (Å²) in [5.74, 6) is 1.02. The first-order valence-corrected chi connectivity index (χ1v) is 26.5. The summed E-state index contributed by atoms with van der Waals surface area (Å²) < 4.78 is 22.7. The maximum Gasteiger partial charge on any atom is 0.376 e. The number of halogens is 2. The number of hydrogen-bond acceptors (Lipinski definition) is 12. The molecule has 15 nitrogen and oxygen atoms in total. The monoisotopic (exact) mass is 1060 g/mol. The zero-order valence-electron chi connectivity index (χ0n) is 44.1. The van der Waals surface area contributed by atoms with Gasteiger partial charge in [-0.15, -0.1) is 0 Å². The van der Waals surface area contributed by atoms with Gasteiger partial charge in [-0.3, -0.25) is 4.79 Å². The number of allylic oxidation sites excluding steroid dienone is 2. The van der Waals surface area contributed by atoms with Gasteiger partial charge < -0.3 is 48.8 Å². The normalized spacial score (nSPS) is 18.8. The van der Waals surface area contributed by atoms with Crippen molar-refractivity contribution in [2.45, 2.75) is 98.3 Å². The van der Waals surface area contributed by atoms with Crippen LogP contribution in [-0.2, 0) is 23.8 Å². The quantitative estimate of drug-likeness (QED) is 0.0913. The van der Waals surface area contributed by atoms with Crippen LogP contribution in [0.5, 0.6) is 11.5 Å². The van der Waals surface area contributed by atoms with Crippen molar-refractivity contribution in [3.8, 4) is 11.5 Å². The number of carbonyl (C=O) groups excluding carboxylic acids is 4. The SMILES string of the molecule is CC1=C(C(=O)OC(C)C)C(c2cccc(Cl)c2)N(CC2CCN(C(=O)c3ccc(Oc4ccccc4)cc3)CC2)C(=O)N1.COC1=NC(C)=C(C(=O)OC(C)C)C(c2cccc(Cl)c2)N1CC1CCN(B(C)O)CC1. The van der Waals surface area contributed by atoms with Crippen molar-refractivity contribution in [3.63, 3.8) is 0 Å². The Morgan fingerprint density at radius 1 is 0.707 bits per heavy atom. The van der Waals surface area contributed by atoms with Crippen LogP contribution in [0.1, 0.15) is 101 Å². The van der Waals surface area contributed by atoms with Crippen LogP contribution in [0.25, 0.3) is 0 Å². The van der Waals surface area contributed by atoms with E-state index in [1.165, 1.54) is 0 Å². The highest BCUT2D eigenvalue weighted by Gasteiger charge is 2.42. The zero-order valence-corrected chi connectivity index (χ0v) is 45.6. The topological polar surface area (TPSA) is 163 Å². The lowest BCUT2D eigenvalue weighted by Gasteiger charge is -2.41. The first kappa shape index (κ1) is 56.4.